The minimum Gasteiger partial charge on any atom is -0.307 e. The van der Waals surface area contributed by atoms with Gasteiger partial charge in [-0.25, -0.2) is 0 Å². The second-order valence-electron chi connectivity index (χ2n) is 8.40. The zero-order valence-corrected chi connectivity index (χ0v) is 15.6. The molecule has 2 heteroatoms. The van der Waals surface area contributed by atoms with Crippen molar-refractivity contribution in [2.75, 3.05) is 13.1 Å². The molecule has 1 N–H and O–H groups in total. The Kier molecular flexibility index (Phi) is 4.43. The lowest BCUT2D eigenvalue weighted by molar-refractivity contribution is 0.223. The van der Waals surface area contributed by atoms with Crippen molar-refractivity contribution >= 4 is 0 Å². The third kappa shape index (κ3) is 3.38. The van der Waals surface area contributed by atoms with Crippen LogP contribution in [0.2, 0.25) is 0 Å². The molecule has 1 aliphatic carbocycles. The highest BCUT2D eigenvalue weighted by Crippen LogP contribution is 2.60. The smallest absolute Gasteiger partial charge is 0.0258 e. The molecule has 1 aliphatic heterocycles. The van der Waals surface area contributed by atoms with E-state index in [4.69, 9.17) is 0 Å². The maximum absolute atomic E-state index is 3.97. The van der Waals surface area contributed by atoms with Gasteiger partial charge in [0.1, 0.15) is 0 Å². The molecule has 2 aromatic rings. The number of nitrogens with one attached hydrogen (secondary N) is 1. The van der Waals surface area contributed by atoms with Crippen LogP contribution in [0.4, 0.5) is 0 Å². The molecule has 1 saturated carbocycles. The lowest BCUT2D eigenvalue weighted by Gasteiger charge is -2.26. The molecule has 0 aromatic heterocycles. The van der Waals surface area contributed by atoms with Gasteiger partial charge in [0.2, 0.25) is 0 Å². The summed E-state index contributed by atoms with van der Waals surface area (Å²) in [6.45, 7) is 9.23. The summed E-state index contributed by atoms with van der Waals surface area (Å²) < 4.78 is 0. The molecule has 132 valence electrons. The minimum absolute atomic E-state index is 0.348. The Balaban J connectivity index is 1.41. The van der Waals surface area contributed by atoms with Crippen molar-refractivity contribution in [1.82, 2.24) is 10.2 Å². The number of aryl methyl sites for hydroxylation is 1. The number of benzene rings is 2. The number of rotatable bonds is 5. The highest BCUT2D eigenvalue weighted by molar-refractivity contribution is 5.28. The number of fused-ring (bicyclic) bond motifs is 1. The van der Waals surface area contributed by atoms with Gasteiger partial charge < -0.3 is 5.32 Å². The molecule has 0 radical (unpaired) electrons. The average molecular weight is 335 g/mol. The van der Waals surface area contributed by atoms with Crippen LogP contribution >= 0.6 is 0 Å². The first-order chi connectivity index (χ1) is 12.1. The van der Waals surface area contributed by atoms with Crippen LogP contribution in [-0.4, -0.2) is 23.5 Å². The van der Waals surface area contributed by atoms with Crippen LogP contribution < -0.4 is 5.32 Å². The predicted octanol–water partition coefficient (Wildman–Crippen LogP) is 4.53. The Labute approximate surface area is 152 Å². The van der Waals surface area contributed by atoms with Gasteiger partial charge in [0, 0.05) is 30.6 Å². The second-order valence-corrected chi connectivity index (χ2v) is 8.40. The Bertz CT molecular complexity index is 726. The van der Waals surface area contributed by atoms with Gasteiger partial charge in [-0.15, -0.1) is 0 Å². The van der Waals surface area contributed by atoms with Gasteiger partial charge in [-0.1, -0.05) is 61.5 Å². The van der Waals surface area contributed by atoms with Gasteiger partial charge in [0.15, 0.2) is 0 Å². The fraction of sp³-hybridized carbons (Fsp3) is 0.478. The zero-order chi connectivity index (χ0) is 17.3. The Morgan fingerprint density at radius 2 is 1.80 bits per heavy atom. The van der Waals surface area contributed by atoms with Crippen LogP contribution in [-0.2, 0) is 13.1 Å². The summed E-state index contributed by atoms with van der Waals surface area (Å²) in [6, 6.07) is 19.7. The van der Waals surface area contributed by atoms with E-state index in [-0.39, 0.29) is 0 Å². The van der Waals surface area contributed by atoms with Crippen molar-refractivity contribution in [3.63, 3.8) is 0 Å². The molecule has 2 atom stereocenters. The molecule has 2 nitrogen and oxygen atoms in total. The summed E-state index contributed by atoms with van der Waals surface area (Å²) in [7, 11) is 0. The van der Waals surface area contributed by atoms with E-state index in [1.54, 1.807) is 0 Å². The van der Waals surface area contributed by atoms with Gasteiger partial charge in [-0.2, -0.15) is 0 Å². The summed E-state index contributed by atoms with van der Waals surface area (Å²) in [5, 5.41) is 3.97. The molecule has 0 bridgehead atoms. The first-order valence-corrected chi connectivity index (χ1v) is 9.66. The van der Waals surface area contributed by atoms with Crippen molar-refractivity contribution in [1.29, 1.82) is 0 Å². The quantitative estimate of drug-likeness (QED) is 0.864. The first-order valence-electron chi connectivity index (χ1n) is 9.66. The van der Waals surface area contributed by atoms with E-state index >= 15 is 0 Å². The predicted molar refractivity (Wildman–Crippen MR) is 104 cm³/mol. The lowest BCUT2D eigenvalue weighted by atomic mass is 9.98. The average Bonchev–Trinajstić information content (AvgIpc) is 3.20. The Morgan fingerprint density at radius 3 is 2.60 bits per heavy atom. The molecule has 25 heavy (non-hydrogen) atoms. The molecule has 2 aliphatic rings. The van der Waals surface area contributed by atoms with Gasteiger partial charge >= 0.3 is 0 Å². The van der Waals surface area contributed by atoms with E-state index in [2.05, 4.69) is 78.7 Å². The third-order valence-electron chi connectivity index (χ3n) is 6.50. The van der Waals surface area contributed by atoms with E-state index in [0.29, 0.717) is 11.0 Å². The SMILES string of the molecule is Cc1ccccc1CNC12CCCN(Cc3ccccc3)CC1(C)C2. The van der Waals surface area contributed by atoms with Crippen LogP contribution in [0.15, 0.2) is 54.6 Å². The maximum atomic E-state index is 3.97. The molecule has 0 spiro atoms. The molecular weight excluding hydrogens is 304 g/mol. The zero-order valence-electron chi connectivity index (χ0n) is 15.6. The molecule has 2 unspecified atom stereocenters. The summed E-state index contributed by atoms with van der Waals surface area (Å²) in [6.07, 6.45) is 3.92. The fourth-order valence-corrected chi connectivity index (χ4v) is 4.81. The van der Waals surface area contributed by atoms with Crippen LogP contribution in [0.25, 0.3) is 0 Å². The second kappa shape index (κ2) is 6.59. The standard InChI is InChI=1S/C23H30N2/c1-19-9-6-7-12-21(19)15-24-23-13-8-14-25(18-22(23,2)17-23)16-20-10-4-3-5-11-20/h3-7,9-12,24H,8,13-18H2,1-2H3. The number of likely N-dealkylation sites (tertiary alicyclic amines) is 1. The number of hydrogen-bond donors (Lipinski definition) is 1. The van der Waals surface area contributed by atoms with E-state index in [9.17, 15) is 0 Å². The van der Waals surface area contributed by atoms with Crippen LogP contribution in [0.5, 0.6) is 0 Å². The molecule has 2 aromatic carbocycles. The van der Waals surface area contributed by atoms with E-state index < -0.39 is 0 Å². The summed E-state index contributed by atoms with van der Waals surface area (Å²) in [5.41, 5.74) is 5.04. The fourth-order valence-electron chi connectivity index (χ4n) is 4.81. The van der Waals surface area contributed by atoms with Crippen molar-refractivity contribution in [3.8, 4) is 0 Å². The molecule has 1 heterocycles. The normalized spacial score (nSPS) is 29.0. The first kappa shape index (κ1) is 16.8. The van der Waals surface area contributed by atoms with Gasteiger partial charge in [-0.3, -0.25) is 4.90 Å². The lowest BCUT2D eigenvalue weighted by Crippen LogP contribution is -2.38. The molecule has 0 amide bonds. The molecule has 4 rings (SSSR count). The minimum atomic E-state index is 0.348. The van der Waals surface area contributed by atoms with Gasteiger partial charge in [0.05, 0.1) is 0 Å². The highest BCUT2D eigenvalue weighted by Gasteiger charge is 2.64. The van der Waals surface area contributed by atoms with E-state index in [1.807, 2.05) is 0 Å². The van der Waals surface area contributed by atoms with Crippen molar-refractivity contribution in [3.05, 3.63) is 71.3 Å². The largest absolute Gasteiger partial charge is 0.307 e. The van der Waals surface area contributed by atoms with Crippen LogP contribution in [0.1, 0.15) is 42.9 Å². The molecular formula is C23H30N2. The van der Waals surface area contributed by atoms with E-state index in [1.165, 1.54) is 49.0 Å². The topological polar surface area (TPSA) is 15.3 Å². The summed E-state index contributed by atoms with van der Waals surface area (Å²) in [5.74, 6) is 0. The van der Waals surface area contributed by atoms with Gasteiger partial charge in [-0.05, 0) is 49.4 Å². The summed E-state index contributed by atoms with van der Waals surface area (Å²) >= 11 is 0. The monoisotopic (exact) mass is 334 g/mol. The molecule has 2 fully saturated rings. The van der Waals surface area contributed by atoms with Crippen LogP contribution in [0.3, 0.4) is 0 Å². The number of nitrogens with zero attached hydrogens (tertiary/aromatic N) is 1. The van der Waals surface area contributed by atoms with Crippen molar-refractivity contribution < 1.29 is 0 Å². The molecule has 1 saturated heterocycles. The van der Waals surface area contributed by atoms with Crippen molar-refractivity contribution in [2.45, 2.75) is 51.7 Å². The van der Waals surface area contributed by atoms with Crippen molar-refractivity contribution in [2.24, 2.45) is 5.41 Å². The summed E-state index contributed by atoms with van der Waals surface area (Å²) in [4.78, 5) is 2.67. The van der Waals surface area contributed by atoms with Crippen LogP contribution in [0, 0.1) is 12.3 Å². The highest BCUT2D eigenvalue weighted by atomic mass is 15.2. The number of hydrogen-bond acceptors (Lipinski definition) is 2. The third-order valence-corrected chi connectivity index (χ3v) is 6.50. The Hall–Kier alpha value is -1.64. The maximum Gasteiger partial charge on any atom is 0.0258 e. The van der Waals surface area contributed by atoms with E-state index in [0.717, 1.165) is 13.1 Å². The Morgan fingerprint density at radius 1 is 1.04 bits per heavy atom. The van der Waals surface area contributed by atoms with Gasteiger partial charge in [0.25, 0.3) is 0 Å².